The predicted octanol–water partition coefficient (Wildman–Crippen LogP) is 5.21. The lowest BCUT2D eigenvalue weighted by Crippen LogP contribution is -2.18. The second-order valence-corrected chi connectivity index (χ2v) is 5.53. The van der Waals surface area contributed by atoms with Crippen LogP contribution in [0.3, 0.4) is 0 Å². The van der Waals surface area contributed by atoms with Gasteiger partial charge in [0.2, 0.25) is 0 Å². The molecule has 0 aliphatic carbocycles. The van der Waals surface area contributed by atoms with Gasteiger partial charge in [0.15, 0.2) is 0 Å². The van der Waals surface area contributed by atoms with E-state index in [0.717, 1.165) is 28.6 Å². The number of hydrogen-bond donors (Lipinski definition) is 1. The van der Waals surface area contributed by atoms with Crippen LogP contribution < -0.4 is 10.1 Å². The van der Waals surface area contributed by atoms with Crippen LogP contribution in [0.25, 0.3) is 10.8 Å². The van der Waals surface area contributed by atoms with Crippen LogP contribution in [-0.2, 0) is 0 Å². The van der Waals surface area contributed by atoms with Crippen LogP contribution in [0.5, 0.6) is 5.75 Å². The summed E-state index contributed by atoms with van der Waals surface area (Å²) in [4.78, 5) is 0. The van der Waals surface area contributed by atoms with Gasteiger partial charge in [-0.05, 0) is 18.9 Å². The molecule has 0 spiro atoms. The lowest BCUT2D eigenvalue weighted by Gasteiger charge is -2.19. The number of hydrogen-bond acceptors (Lipinski definition) is 2. The minimum absolute atomic E-state index is 0.202. The molecule has 2 aromatic carbocycles. The number of fused-ring (bicyclic) bond motifs is 1. The third-order valence-corrected chi connectivity index (χ3v) is 3.95. The predicted molar refractivity (Wildman–Crippen MR) is 91.3 cm³/mol. The minimum atomic E-state index is 0.202. The summed E-state index contributed by atoms with van der Waals surface area (Å²) in [5, 5.41) is 6.12. The van der Waals surface area contributed by atoms with Crippen molar-refractivity contribution in [3.8, 4) is 5.75 Å². The van der Waals surface area contributed by atoms with Gasteiger partial charge in [0.1, 0.15) is 12.4 Å². The summed E-state index contributed by atoms with van der Waals surface area (Å²) in [6.45, 7) is 5.38. The Hall–Kier alpha value is -1.22. The van der Waals surface area contributed by atoms with Crippen molar-refractivity contribution in [1.29, 1.82) is 0 Å². The normalized spacial score (nSPS) is 13.4. The first-order valence-corrected chi connectivity index (χ1v) is 7.81. The van der Waals surface area contributed by atoms with Gasteiger partial charge in [0.25, 0.3) is 0 Å². The van der Waals surface area contributed by atoms with Crippen LogP contribution in [0.1, 0.15) is 25.5 Å². The van der Waals surface area contributed by atoms with Crippen molar-refractivity contribution in [2.45, 2.75) is 19.9 Å². The first kappa shape index (κ1) is 16.2. The topological polar surface area (TPSA) is 21.3 Å². The van der Waals surface area contributed by atoms with Crippen molar-refractivity contribution in [3.63, 3.8) is 0 Å². The van der Waals surface area contributed by atoms with Gasteiger partial charge in [0.05, 0.1) is 5.03 Å². The van der Waals surface area contributed by atoms with E-state index in [1.54, 1.807) is 0 Å². The van der Waals surface area contributed by atoms with Crippen LogP contribution in [0.2, 0.25) is 0 Å². The van der Waals surface area contributed by atoms with E-state index < -0.39 is 0 Å². The number of benzene rings is 2. The summed E-state index contributed by atoms with van der Waals surface area (Å²) in [5.41, 5.74) is 2.45. The molecule has 4 heteroatoms. The molecule has 0 saturated carbocycles. The molecule has 0 aromatic heterocycles. The number of halogens is 2. The van der Waals surface area contributed by atoms with Crippen molar-refractivity contribution in [2.75, 3.05) is 13.2 Å². The SMILES string of the molecule is CCNC(C)c1ccc2ccccc2c1OCC(Cl)=CCl. The van der Waals surface area contributed by atoms with Gasteiger partial charge < -0.3 is 10.1 Å². The molecule has 0 aliphatic heterocycles. The van der Waals surface area contributed by atoms with Crippen LogP contribution in [0.15, 0.2) is 47.0 Å². The Morgan fingerprint density at radius 1 is 1.29 bits per heavy atom. The molecular weight excluding hydrogens is 305 g/mol. The molecule has 0 bridgehead atoms. The second-order valence-electron chi connectivity index (χ2n) is 4.83. The highest BCUT2D eigenvalue weighted by molar-refractivity contribution is 6.36. The minimum Gasteiger partial charge on any atom is -0.487 e. The summed E-state index contributed by atoms with van der Waals surface area (Å²) in [6.07, 6.45) is 0. The Kier molecular flexibility index (Phi) is 5.92. The molecule has 0 saturated heterocycles. The maximum Gasteiger partial charge on any atom is 0.132 e. The van der Waals surface area contributed by atoms with E-state index in [1.807, 2.05) is 12.1 Å². The molecule has 112 valence electrons. The lowest BCUT2D eigenvalue weighted by atomic mass is 10.0. The molecule has 0 amide bonds. The molecule has 0 radical (unpaired) electrons. The van der Waals surface area contributed by atoms with E-state index in [0.29, 0.717) is 5.03 Å². The smallest absolute Gasteiger partial charge is 0.132 e. The van der Waals surface area contributed by atoms with E-state index in [9.17, 15) is 0 Å². The standard InChI is InChI=1S/C17H19Cl2NO/c1-3-20-12(2)15-9-8-13-6-4-5-7-16(13)17(15)21-11-14(19)10-18/h4-10,12,20H,3,11H2,1-2H3. The van der Waals surface area contributed by atoms with Gasteiger partial charge in [-0.25, -0.2) is 0 Å². The molecule has 0 fully saturated rings. The number of ether oxygens (including phenoxy) is 1. The fourth-order valence-electron chi connectivity index (χ4n) is 2.35. The van der Waals surface area contributed by atoms with Crippen molar-refractivity contribution >= 4 is 34.0 Å². The average molecular weight is 324 g/mol. The molecule has 2 aromatic rings. The van der Waals surface area contributed by atoms with E-state index in [2.05, 4.69) is 43.4 Å². The fraction of sp³-hybridized carbons (Fsp3) is 0.294. The first-order valence-electron chi connectivity index (χ1n) is 7.00. The molecule has 0 aliphatic rings. The van der Waals surface area contributed by atoms with Crippen LogP contribution in [0, 0.1) is 0 Å². The zero-order valence-electron chi connectivity index (χ0n) is 12.2. The maximum absolute atomic E-state index is 5.95. The lowest BCUT2D eigenvalue weighted by molar-refractivity contribution is 0.355. The van der Waals surface area contributed by atoms with E-state index in [4.69, 9.17) is 27.9 Å². The Morgan fingerprint density at radius 2 is 2.05 bits per heavy atom. The molecule has 0 heterocycles. The van der Waals surface area contributed by atoms with Crippen molar-refractivity contribution in [3.05, 3.63) is 52.5 Å². The van der Waals surface area contributed by atoms with Gasteiger partial charge in [-0.1, -0.05) is 66.5 Å². The van der Waals surface area contributed by atoms with Crippen LogP contribution in [0.4, 0.5) is 0 Å². The van der Waals surface area contributed by atoms with E-state index >= 15 is 0 Å². The van der Waals surface area contributed by atoms with Crippen LogP contribution >= 0.6 is 23.2 Å². The van der Waals surface area contributed by atoms with Crippen LogP contribution in [-0.4, -0.2) is 13.2 Å². The van der Waals surface area contributed by atoms with E-state index in [-0.39, 0.29) is 12.6 Å². The quantitative estimate of drug-likeness (QED) is 0.788. The first-order chi connectivity index (χ1) is 10.2. The third kappa shape index (κ3) is 3.91. The Morgan fingerprint density at radius 3 is 2.76 bits per heavy atom. The van der Waals surface area contributed by atoms with Crippen molar-refractivity contribution < 1.29 is 4.74 Å². The van der Waals surface area contributed by atoms with Gasteiger partial charge in [-0.15, -0.1) is 0 Å². The second kappa shape index (κ2) is 7.69. The highest BCUT2D eigenvalue weighted by Gasteiger charge is 2.14. The zero-order chi connectivity index (χ0) is 15.2. The van der Waals surface area contributed by atoms with Gasteiger partial charge >= 0.3 is 0 Å². The summed E-state index contributed by atoms with van der Waals surface area (Å²) >= 11 is 11.6. The third-order valence-electron chi connectivity index (χ3n) is 3.36. The molecular formula is C17H19Cl2NO. The van der Waals surface area contributed by atoms with Gasteiger partial charge in [-0.2, -0.15) is 0 Å². The summed E-state index contributed by atoms with van der Waals surface area (Å²) in [5.74, 6) is 0.859. The molecule has 2 rings (SSSR count). The highest BCUT2D eigenvalue weighted by atomic mass is 35.5. The van der Waals surface area contributed by atoms with Gasteiger partial charge in [-0.3, -0.25) is 0 Å². The molecule has 21 heavy (non-hydrogen) atoms. The van der Waals surface area contributed by atoms with E-state index in [1.165, 1.54) is 5.54 Å². The largest absolute Gasteiger partial charge is 0.487 e. The van der Waals surface area contributed by atoms with Crippen molar-refractivity contribution in [1.82, 2.24) is 5.32 Å². The Labute approximate surface area is 135 Å². The number of nitrogens with one attached hydrogen (secondary N) is 1. The average Bonchev–Trinajstić information content (AvgIpc) is 2.52. The fourth-order valence-corrected chi connectivity index (χ4v) is 2.47. The van der Waals surface area contributed by atoms with Gasteiger partial charge in [0, 0.05) is 22.5 Å². The monoisotopic (exact) mass is 323 g/mol. The molecule has 1 atom stereocenters. The Balaban J connectivity index is 2.46. The van der Waals surface area contributed by atoms with Crippen molar-refractivity contribution in [2.24, 2.45) is 0 Å². The summed E-state index contributed by atoms with van der Waals surface area (Å²) in [6, 6.07) is 12.6. The summed E-state index contributed by atoms with van der Waals surface area (Å²) < 4.78 is 5.95. The highest BCUT2D eigenvalue weighted by Crippen LogP contribution is 2.34. The maximum atomic E-state index is 5.95. The zero-order valence-corrected chi connectivity index (χ0v) is 13.7. The summed E-state index contributed by atoms with van der Waals surface area (Å²) in [7, 11) is 0. The molecule has 1 N–H and O–H groups in total. The molecule has 2 nitrogen and oxygen atoms in total. The Bertz CT molecular complexity index is 640. The molecule has 1 unspecified atom stereocenters. The number of rotatable bonds is 6.